The average molecular weight is 680 g/mol. The first kappa shape index (κ1) is 33.3. The van der Waals surface area contributed by atoms with Crippen LogP contribution in [-0.4, -0.2) is 204 Å². The molecule has 5 unspecified atom stereocenters. The fourth-order valence-corrected chi connectivity index (χ4v) is 14.7. The third-order valence-electron chi connectivity index (χ3n) is 12.8. The molecule has 0 bridgehead atoms. The molecular formula is C33H61N9O2S2. The van der Waals surface area contributed by atoms with Crippen molar-refractivity contribution in [2.75, 3.05) is 150 Å². The van der Waals surface area contributed by atoms with Crippen molar-refractivity contribution in [1.82, 2.24) is 44.9 Å². The minimum absolute atomic E-state index is 0.363. The number of nitrogens with one attached hydrogen (secondary N) is 2. The summed E-state index contributed by atoms with van der Waals surface area (Å²) in [5.41, 5.74) is 0. The Hall–Kier alpha value is 0.1000. The highest BCUT2D eigenvalue weighted by atomic mass is 32.2. The Morgan fingerprint density at radius 3 is 2.07 bits per heavy atom. The lowest BCUT2D eigenvalue weighted by molar-refractivity contribution is -0.274. The second-order valence-electron chi connectivity index (χ2n) is 15.3. The van der Waals surface area contributed by atoms with Crippen molar-refractivity contribution in [3.05, 3.63) is 0 Å². The summed E-state index contributed by atoms with van der Waals surface area (Å²) in [4.78, 5) is 18.5. The van der Waals surface area contributed by atoms with Crippen molar-refractivity contribution in [2.45, 2.75) is 47.8 Å². The highest BCUT2D eigenvalue weighted by molar-refractivity contribution is 7.99. The molecule has 13 heteroatoms. The van der Waals surface area contributed by atoms with Gasteiger partial charge in [-0.15, -0.1) is 0 Å². The van der Waals surface area contributed by atoms with Crippen LogP contribution in [-0.2, 0) is 15.5 Å². The number of hydrogen-bond acceptors (Lipinski definition) is 12. The van der Waals surface area contributed by atoms with E-state index in [2.05, 4.69) is 63.7 Å². The van der Waals surface area contributed by atoms with Crippen molar-refractivity contribution < 1.29 is 8.95 Å². The molecule has 0 amide bonds. The summed E-state index contributed by atoms with van der Waals surface area (Å²) in [6.07, 6.45) is 6.32. The molecule has 1 saturated carbocycles. The van der Waals surface area contributed by atoms with Gasteiger partial charge in [0.25, 0.3) is 0 Å². The Balaban J connectivity index is 1.32. The van der Waals surface area contributed by atoms with E-state index in [1.54, 1.807) is 0 Å². The van der Waals surface area contributed by atoms with Gasteiger partial charge in [-0.05, 0) is 51.6 Å². The molecular weight excluding hydrogens is 619 g/mol. The molecule has 0 spiro atoms. The van der Waals surface area contributed by atoms with Gasteiger partial charge in [0.1, 0.15) is 4.87 Å². The van der Waals surface area contributed by atoms with Crippen molar-refractivity contribution in [3.8, 4) is 0 Å². The van der Waals surface area contributed by atoms with Gasteiger partial charge >= 0.3 is 0 Å². The molecule has 11 nitrogen and oxygen atoms in total. The van der Waals surface area contributed by atoms with E-state index in [1.807, 2.05) is 0 Å². The Kier molecular flexibility index (Phi) is 10.1. The van der Waals surface area contributed by atoms with Crippen molar-refractivity contribution in [2.24, 2.45) is 11.8 Å². The third kappa shape index (κ3) is 5.41. The Labute approximate surface area is 284 Å². The lowest BCUT2D eigenvalue weighted by Crippen LogP contribution is -2.95. The maximum atomic E-state index is 17.0. The van der Waals surface area contributed by atoms with Gasteiger partial charge in [-0.1, -0.05) is 0 Å². The zero-order valence-corrected chi connectivity index (χ0v) is 30.1. The summed E-state index contributed by atoms with van der Waals surface area (Å²) in [5.74, 6) is 3.11. The number of nitrogens with zero attached hydrogens (tertiary/aromatic N) is 7. The van der Waals surface area contributed by atoms with Crippen LogP contribution in [0.25, 0.3) is 0 Å². The predicted octanol–water partition coefficient (Wildman–Crippen LogP) is -0.296. The summed E-state index contributed by atoms with van der Waals surface area (Å²) >= 11 is 2.10. The number of piperazine rings is 2. The molecule has 5 atom stereocenters. The molecule has 8 rings (SSSR count). The predicted molar refractivity (Wildman–Crippen MR) is 187 cm³/mol. The molecule has 0 radical (unpaired) electrons. The smallest absolute Gasteiger partial charge is 0.201 e. The summed E-state index contributed by atoms with van der Waals surface area (Å²) in [7, 11) is 1.26. The van der Waals surface area contributed by atoms with Crippen LogP contribution < -0.4 is 10.6 Å². The van der Waals surface area contributed by atoms with Gasteiger partial charge in [0.05, 0.1) is 24.0 Å². The first-order valence-corrected chi connectivity index (χ1v) is 21.1. The topological polar surface area (TPSA) is 73.0 Å². The Morgan fingerprint density at radius 1 is 0.739 bits per heavy atom. The first-order valence-electron chi connectivity index (χ1n) is 18.8. The van der Waals surface area contributed by atoms with Crippen LogP contribution in [0.15, 0.2) is 0 Å². The summed E-state index contributed by atoms with van der Waals surface area (Å²) in [6, 6.07) is 0. The van der Waals surface area contributed by atoms with Crippen molar-refractivity contribution in [1.29, 1.82) is 0 Å². The highest BCUT2D eigenvalue weighted by Gasteiger charge is 2.77. The van der Waals surface area contributed by atoms with E-state index in [4.69, 9.17) is 4.74 Å². The second kappa shape index (κ2) is 14.0. The van der Waals surface area contributed by atoms with Gasteiger partial charge in [-0.25, -0.2) is 0 Å². The maximum Gasteiger partial charge on any atom is 0.201 e. The van der Waals surface area contributed by atoms with E-state index in [9.17, 15) is 0 Å². The summed E-state index contributed by atoms with van der Waals surface area (Å²) in [5, 5.41) is 7.38. The fraction of sp³-hybridized carbons (Fsp3) is 1.00. The van der Waals surface area contributed by atoms with E-state index in [1.165, 1.54) is 32.2 Å². The van der Waals surface area contributed by atoms with Crippen LogP contribution >= 0.6 is 11.8 Å². The van der Waals surface area contributed by atoms with Crippen LogP contribution in [0, 0.1) is 11.8 Å². The minimum Gasteiger partial charge on any atom is -0.379 e. The molecule has 0 aromatic carbocycles. The van der Waals surface area contributed by atoms with E-state index in [0.29, 0.717) is 5.92 Å². The third-order valence-corrected chi connectivity index (χ3v) is 16.4. The van der Waals surface area contributed by atoms with Crippen molar-refractivity contribution in [3.63, 3.8) is 0 Å². The van der Waals surface area contributed by atoms with Gasteiger partial charge in [0.2, 0.25) is 4.99 Å². The highest BCUT2D eigenvalue weighted by Crippen LogP contribution is 2.56. The molecule has 2 N–H and O–H groups in total. The zero-order chi connectivity index (χ0) is 31.2. The van der Waals surface area contributed by atoms with E-state index in [0.717, 1.165) is 148 Å². The van der Waals surface area contributed by atoms with Crippen LogP contribution in [0.1, 0.15) is 32.1 Å². The Bertz CT molecular complexity index is 1050. The molecule has 7 aliphatic heterocycles. The Morgan fingerprint density at radius 2 is 1.41 bits per heavy atom. The fourth-order valence-electron chi connectivity index (χ4n) is 10.6. The zero-order valence-electron chi connectivity index (χ0n) is 28.5. The number of rotatable bonds is 8. The van der Waals surface area contributed by atoms with Gasteiger partial charge in [0.15, 0.2) is 5.79 Å². The minimum atomic E-state index is -1.20. The summed E-state index contributed by atoms with van der Waals surface area (Å²) in [6.45, 7) is 19.7. The van der Waals surface area contributed by atoms with Crippen LogP contribution in [0.2, 0.25) is 0 Å². The SMILES string of the molecule is CN1CC(C2CCNC2)(N2CCNCC2)S(=O)C(N2CCCC2)(N2CCOCC2)C1(N1CCSCC1)N1CCN(CC2CC2)CC1. The molecule has 0 aromatic heterocycles. The first-order chi connectivity index (χ1) is 22.6. The van der Waals surface area contributed by atoms with Crippen LogP contribution in [0.4, 0.5) is 0 Å². The van der Waals surface area contributed by atoms with E-state index in [-0.39, 0.29) is 0 Å². The number of likely N-dealkylation sites (N-methyl/N-ethyl adjacent to an activating group) is 1. The molecule has 1 aliphatic carbocycles. The van der Waals surface area contributed by atoms with Gasteiger partial charge < -0.3 is 20.3 Å². The standard InChI is InChI=1S/C33H61N9O2S2/c1-36-28-31(30-6-7-35-26-30,38-12-8-34-9-13-38)46(43)33(41-10-2-3-11-41,42-18-22-44-23-19-42)32(36,40-20-24-45-25-21-40)39-16-14-37(15-17-39)27-29-4-5-29/h29-30,34-35H,2-28H2,1H3. The van der Waals surface area contributed by atoms with Gasteiger partial charge in [-0.2, -0.15) is 11.8 Å². The molecule has 8 fully saturated rings. The van der Waals surface area contributed by atoms with Gasteiger partial charge in [0, 0.05) is 129 Å². The lowest BCUT2D eigenvalue weighted by Gasteiger charge is -2.74. The van der Waals surface area contributed by atoms with Gasteiger partial charge in [-0.3, -0.25) is 33.6 Å². The maximum absolute atomic E-state index is 17.0. The number of morpholine rings is 1. The number of hydrogen-bond donors (Lipinski definition) is 2. The monoisotopic (exact) mass is 679 g/mol. The second-order valence-corrected chi connectivity index (χ2v) is 18.3. The largest absolute Gasteiger partial charge is 0.379 e. The number of likely N-dealkylation sites (tertiary alicyclic amines) is 1. The van der Waals surface area contributed by atoms with E-state index < -0.39 is 26.5 Å². The molecule has 7 saturated heterocycles. The molecule has 8 aliphatic rings. The lowest BCUT2D eigenvalue weighted by atomic mass is 9.92. The summed E-state index contributed by atoms with van der Waals surface area (Å²) < 4.78 is 23.1. The molecule has 46 heavy (non-hydrogen) atoms. The molecule has 0 aromatic rings. The van der Waals surface area contributed by atoms with Crippen molar-refractivity contribution >= 4 is 22.6 Å². The van der Waals surface area contributed by atoms with Crippen LogP contribution in [0.3, 0.4) is 0 Å². The van der Waals surface area contributed by atoms with E-state index >= 15 is 4.21 Å². The quantitative estimate of drug-likeness (QED) is 0.354. The molecule has 262 valence electrons. The number of ether oxygens (including phenoxy) is 1. The van der Waals surface area contributed by atoms with Crippen LogP contribution in [0.5, 0.6) is 0 Å². The molecule has 7 heterocycles. The normalized spacial score (nSPS) is 42.6. The number of thioether (sulfide) groups is 1. The average Bonchev–Trinajstić information content (AvgIpc) is 3.49.